The summed E-state index contributed by atoms with van der Waals surface area (Å²) < 4.78 is 5.66. The molecule has 5 nitrogen and oxygen atoms in total. The molecular weight excluding hydrogens is 292 g/mol. The van der Waals surface area contributed by atoms with Gasteiger partial charge in [-0.15, -0.1) is 0 Å². The molecular formula is C18H24N2O3. The molecule has 0 radical (unpaired) electrons. The average Bonchev–Trinajstić information content (AvgIpc) is 2.49. The van der Waals surface area contributed by atoms with Gasteiger partial charge in [0.1, 0.15) is 6.61 Å². The number of nitrogens with one attached hydrogen (secondary N) is 1. The number of hydrogen-bond donors (Lipinski definition) is 1. The highest BCUT2D eigenvalue weighted by Crippen LogP contribution is 2.34. The van der Waals surface area contributed by atoms with Crippen molar-refractivity contribution in [3.8, 4) is 0 Å². The molecule has 0 aromatic heterocycles. The molecule has 1 heterocycles. The first kappa shape index (κ1) is 16.0. The van der Waals surface area contributed by atoms with E-state index in [-0.39, 0.29) is 30.0 Å². The van der Waals surface area contributed by atoms with Crippen LogP contribution in [0.5, 0.6) is 0 Å². The fraction of sp³-hybridized carbons (Fsp3) is 0.556. The number of amides is 2. The standard InChI is InChI=1S/C18H24N2O3/c1-12-7-4-5-8-13(12)15-16(23-11-14(21)20(15)3)17(22)19-18(2)9-6-10-18/h4-5,7-8,15-16H,6,9-11H2,1-3H3,(H,19,22). The van der Waals surface area contributed by atoms with E-state index in [2.05, 4.69) is 12.2 Å². The quantitative estimate of drug-likeness (QED) is 0.927. The maximum atomic E-state index is 12.8. The van der Waals surface area contributed by atoms with Crippen molar-refractivity contribution in [1.82, 2.24) is 10.2 Å². The van der Waals surface area contributed by atoms with Gasteiger partial charge in [-0.05, 0) is 44.2 Å². The lowest BCUT2D eigenvalue weighted by molar-refractivity contribution is -0.163. The third-order valence-corrected chi connectivity index (χ3v) is 5.13. The van der Waals surface area contributed by atoms with Gasteiger partial charge in [0.2, 0.25) is 5.91 Å². The number of carbonyl (C=O) groups excluding carboxylic acids is 2. The highest BCUT2D eigenvalue weighted by atomic mass is 16.5. The second-order valence-electron chi connectivity index (χ2n) is 6.94. The topological polar surface area (TPSA) is 58.6 Å². The molecule has 1 N–H and O–H groups in total. The highest BCUT2D eigenvalue weighted by molar-refractivity contribution is 5.87. The van der Waals surface area contributed by atoms with Gasteiger partial charge >= 0.3 is 0 Å². The normalized spacial score (nSPS) is 26.6. The van der Waals surface area contributed by atoms with Gasteiger partial charge < -0.3 is 15.0 Å². The van der Waals surface area contributed by atoms with Gasteiger partial charge in [0.15, 0.2) is 6.10 Å². The number of nitrogens with zero attached hydrogens (tertiary/aromatic N) is 1. The zero-order valence-corrected chi connectivity index (χ0v) is 14.0. The minimum absolute atomic E-state index is 0.0479. The van der Waals surface area contributed by atoms with E-state index in [0.29, 0.717) is 0 Å². The Morgan fingerprint density at radius 1 is 1.35 bits per heavy atom. The number of hydrogen-bond acceptors (Lipinski definition) is 3. The van der Waals surface area contributed by atoms with E-state index in [0.717, 1.165) is 30.4 Å². The van der Waals surface area contributed by atoms with Crippen LogP contribution in [-0.4, -0.2) is 42.0 Å². The van der Waals surface area contributed by atoms with E-state index < -0.39 is 6.10 Å². The smallest absolute Gasteiger partial charge is 0.252 e. The summed E-state index contributed by atoms with van der Waals surface area (Å²) in [6.45, 7) is 4.01. The van der Waals surface area contributed by atoms with Crippen LogP contribution in [0.15, 0.2) is 24.3 Å². The number of benzene rings is 1. The molecule has 2 fully saturated rings. The van der Waals surface area contributed by atoms with E-state index in [4.69, 9.17) is 4.74 Å². The molecule has 2 amide bonds. The van der Waals surface area contributed by atoms with Crippen LogP contribution in [0.25, 0.3) is 0 Å². The predicted molar refractivity (Wildman–Crippen MR) is 86.8 cm³/mol. The van der Waals surface area contributed by atoms with Gasteiger partial charge in [0.05, 0.1) is 6.04 Å². The number of carbonyl (C=O) groups is 2. The molecule has 23 heavy (non-hydrogen) atoms. The Labute approximate surface area is 137 Å². The van der Waals surface area contributed by atoms with Gasteiger partial charge in [-0.2, -0.15) is 0 Å². The van der Waals surface area contributed by atoms with Crippen molar-refractivity contribution in [2.24, 2.45) is 0 Å². The minimum atomic E-state index is -0.670. The summed E-state index contributed by atoms with van der Waals surface area (Å²) in [6.07, 6.45) is 2.46. The van der Waals surface area contributed by atoms with Crippen molar-refractivity contribution in [2.75, 3.05) is 13.7 Å². The molecule has 2 atom stereocenters. The molecule has 1 saturated heterocycles. The zero-order valence-electron chi connectivity index (χ0n) is 14.0. The van der Waals surface area contributed by atoms with Crippen LogP contribution in [0, 0.1) is 6.92 Å². The fourth-order valence-corrected chi connectivity index (χ4v) is 3.42. The zero-order chi connectivity index (χ0) is 16.6. The molecule has 3 rings (SSSR count). The monoisotopic (exact) mass is 316 g/mol. The van der Waals surface area contributed by atoms with Crippen LogP contribution in [0.1, 0.15) is 43.4 Å². The van der Waals surface area contributed by atoms with E-state index in [1.165, 1.54) is 0 Å². The van der Waals surface area contributed by atoms with E-state index in [1.54, 1.807) is 11.9 Å². The second-order valence-corrected chi connectivity index (χ2v) is 6.94. The Morgan fingerprint density at radius 2 is 2.04 bits per heavy atom. The maximum absolute atomic E-state index is 12.8. The Hall–Kier alpha value is -1.88. The van der Waals surface area contributed by atoms with Crippen molar-refractivity contribution >= 4 is 11.8 Å². The van der Waals surface area contributed by atoms with Gasteiger partial charge in [-0.3, -0.25) is 9.59 Å². The van der Waals surface area contributed by atoms with Crippen LogP contribution >= 0.6 is 0 Å². The van der Waals surface area contributed by atoms with Crippen LogP contribution in [0.3, 0.4) is 0 Å². The summed E-state index contributed by atoms with van der Waals surface area (Å²) in [5.41, 5.74) is 1.88. The maximum Gasteiger partial charge on any atom is 0.252 e. The molecule has 124 valence electrons. The summed E-state index contributed by atoms with van der Waals surface area (Å²) in [5, 5.41) is 3.12. The predicted octanol–water partition coefficient (Wildman–Crippen LogP) is 1.95. The van der Waals surface area contributed by atoms with Crippen LogP contribution in [0.2, 0.25) is 0 Å². The lowest BCUT2D eigenvalue weighted by Crippen LogP contribution is -2.59. The van der Waals surface area contributed by atoms with Crippen molar-refractivity contribution in [2.45, 2.75) is 50.8 Å². The molecule has 1 saturated carbocycles. The third-order valence-electron chi connectivity index (χ3n) is 5.13. The lowest BCUT2D eigenvalue weighted by atomic mass is 9.78. The van der Waals surface area contributed by atoms with Gasteiger partial charge in [0, 0.05) is 12.6 Å². The first-order chi connectivity index (χ1) is 10.9. The highest BCUT2D eigenvalue weighted by Gasteiger charge is 2.43. The van der Waals surface area contributed by atoms with Gasteiger partial charge in [0.25, 0.3) is 5.91 Å². The summed E-state index contributed by atoms with van der Waals surface area (Å²) >= 11 is 0. The summed E-state index contributed by atoms with van der Waals surface area (Å²) in [7, 11) is 1.74. The van der Waals surface area contributed by atoms with E-state index in [1.807, 2.05) is 31.2 Å². The first-order valence-corrected chi connectivity index (χ1v) is 8.16. The molecule has 0 bridgehead atoms. The van der Waals surface area contributed by atoms with Crippen LogP contribution in [-0.2, 0) is 14.3 Å². The van der Waals surface area contributed by atoms with Crippen molar-refractivity contribution in [3.63, 3.8) is 0 Å². The minimum Gasteiger partial charge on any atom is -0.356 e. The second kappa shape index (κ2) is 5.96. The van der Waals surface area contributed by atoms with E-state index in [9.17, 15) is 9.59 Å². The van der Waals surface area contributed by atoms with Crippen LogP contribution < -0.4 is 5.32 Å². The first-order valence-electron chi connectivity index (χ1n) is 8.16. The Morgan fingerprint density at radius 3 is 2.65 bits per heavy atom. The number of ether oxygens (including phenoxy) is 1. The summed E-state index contributed by atoms with van der Waals surface area (Å²) in [4.78, 5) is 26.5. The molecule has 1 aromatic rings. The third kappa shape index (κ3) is 2.98. The van der Waals surface area contributed by atoms with Crippen molar-refractivity contribution < 1.29 is 14.3 Å². The van der Waals surface area contributed by atoms with Gasteiger partial charge in [-0.1, -0.05) is 24.3 Å². The molecule has 1 aliphatic carbocycles. The summed E-state index contributed by atoms with van der Waals surface area (Å²) in [6, 6.07) is 7.45. The molecule has 5 heteroatoms. The molecule has 2 aliphatic rings. The Bertz CT molecular complexity index is 624. The Kier molecular flexibility index (Phi) is 4.15. The van der Waals surface area contributed by atoms with Crippen molar-refractivity contribution in [3.05, 3.63) is 35.4 Å². The molecule has 2 unspecified atom stereocenters. The average molecular weight is 316 g/mol. The number of aryl methyl sites for hydroxylation is 1. The SMILES string of the molecule is Cc1ccccc1C1C(C(=O)NC2(C)CCC2)OCC(=O)N1C. The van der Waals surface area contributed by atoms with Crippen LogP contribution in [0.4, 0.5) is 0 Å². The fourth-order valence-electron chi connectivity index (χ4n) is 3.42. The van der Waals surface area contributed by atoms with Gasteiger partial charge in [-0.25, -0.2) is 0 Å². The Balaban J connectivity index is 1.88. The number of rotatable bonds is 3. The summed E-state index contributed by atoms with van der Waals surface area (Å²) in [5.74, 6) is -0.225. The largest absolute Gasteiger partial charge is 0.356 e. The van der Waals surface area contributed by atoms with Crippen molar-refractivity contribution in [1.29, 1.82) is 0 Å². The molecule has 1 aromatic carbocycles. The van der Waals surface area contributed by atoms with E-state index >= 15 is 0 Å². The molecule has 0 spiro atoms. The lowest BCUT2D eigenvalue weighted by Gasteiger charge is -2.43. The molecule has 1 aliphatic heterocycles. The number of likely N-dealkylation sites (N-methyl/N-ethyl adjacent to an activating group) is 1. The number of morpholine rings is 1.